The number of fused-ring (bicyclic) bond motifs is 2. The average Bonchev–Trinajstić information content (AvgIpc) is 2.59. The van der Waals surface area contributed by atoms with E-state index in [4.69, 9.17) is 9.47 Å². The van der Waals surface area contributed by atoms with E-state index < -0.39 is 5.79 Å². The molecule has 1 aliphatic carbocycles. The predicted molar refractivity (Wildman–Crippen MR) is 86.9 cm³/mol. The van der Waals surface area contributed by atoms with Gasteiger partial charge in [0.25, 0.3) is 5.79 Å². The van der Waals surface area contributed by atoms with Crippen LogP contribution in [0.1, 0.15) is 28.8 Å². The van der Waals surface area contributed by atoms with Gasteiger partial charge in [-0.2, -0.15) is 0 Å². The van der Waals surface area contributed by atoms with E-state index in [1.165, 1.54) is 0 Å². The van der Waals surface area contributed by atoms with E-state index >= 15 is 0 Å². The number of carbonyl (C=O) groups excluding carboxylic acids is 1. The molecule has 0 fully saturated rings. The molecule has 0 atom stereocenters. The Kier molecular flexibility index (Phi) is 2.41. The highest BCUT2D eigenvalue weighted by molar-refractivity contribution is 5.99. The summed E-state index contributed by atoms with van der Waals surface area (Å²) in [6.45, 7) is 0. The van der Waals surface area contributed by atoms with Crippen molar-refractivity contribution in [1.82, 2.24) is 0 Å². The summed E-state index contributed by atoms with van der Waals surface area (Å²) in [5.41, 5.74) is 1.52. The van der Waals surface area contributed by atoms with E-state index in [0.717, 1.165) is 27.8 Å². The summed E-state index contributed by atoms with van der Waals surface area (Å²) in [7, 11) is 0. The number of hydrogen-bond donors (Lipinski definition) is 0. The highest BCUT2D eigenvalue weighted by Crippen LogP contribution is 2.48. The average molecular weight is 302 g/mol. The number of rotatable bonds is 0. The zero-order valence-corrected chi connectivity index (χ0v) is 12.4. The first kappa shape index (κ1) is 12.7. The van der Waals surface area contributed by atoms with E-state index in [9.17, 15) is 4.79 Å². The molecule has 3 aromatic rings. The number of carbonyl (C=O) groups is 1. The third-order valence-electron chi connectivity index (χ3n) is 4.70. The lowest BCUT2D eigenvalue weighted by Gasteiger charge is -2.41. The monoisotopic (exact) mass is 302 g/mol. The zero-order chi connectivity index (χ0) is 15.4. The van der Waals surface area contributed by atoms with Gasteiger partial charge in [0, 0.05) is 24.0 Å². The van der Waals surface area contributed by atoms with Gasteiger partial charge >= 0.3 is 0 Å². The first-order chi connectivity index (χ1) is 11.3. The number of benzene rings is 3. The molecule has 3 aromatic carbocycles. The standard InChI is InChI=1S/C20H14O3/c21-16-11-12-20(15-8-2-1-7-14(15)16)22-17-9-3-5-13-6-4-10-18(23-20)19(13)17/h1-10H,11-12H2. The molecule has 0 amide bonds. The molecule has 1 aliphatic heterocycles. The van der Waals surface area contributed by atoms with Gasteiger partial charge in [0.1, 0.15) is 11.5 Å². The van der Waals surface area contributed by atoms with Gasteiger partial charge in [0.15, 0.2) is 5.78 Å². The summed E-state index contributed by atoms with van der Waals surface area (Å²) in [5, 5.41) is 2.09. The second-order valence-corrected chi connectivity index (χ2v) is 6.04. The van der Waals surface area contributed by atoms with Gasteiger partial charge in [-0.1, -0.05) is 48.5 Å². The van der Waals surface area contributed by atoms with Crippen LogP contribution in [0.3, 0.4) is 0 Å². The molecule has 0 radical (unpaired) electrons. The molecule has 0 N–H and O–H groups in total. The lowest BCUT2D eigenvalue weighted by Crippen LogP contribution is -2.45. The molecule has 2 aliphatic rings. The molecular weight excluding hydrogens is 288 g/mol. The fraction of sp³-hybridized carbons (Fsp3) is 0.150. The molecule has 1 heterocycles. The summed E-state index contributed by atoms with van der Waals surface area (Å²) >= 11 is 0. The van der Waals surface area contributed by atoms with E-state index in [2.05, 4.69) is 0 Å². The molecular formula is C20H14O3. The quantitative estimate of drug-likeness (QED) is 0.616. The minimum absolute atomic E-state index is 0.149. The number of hydrogen-bond acceptors (Lipinski definition) is 3. The topological polar surface area (TPSA) is 35.5 Å². The maximum absolute atomic E-state index is 12.2. The highest BCUT2D eigenvalue weighted by atomic mass is 16.7. The number of ketones is 1. The van der Waals surface area contributed by atoms with Crippen molar-refractivity contribution in [3.8, 4) is 11.5 Å². The summed E-state index contributed by atoms with van der Waals surface area (Å²) in [6.07, 6.45) is 0.947. The minimum atomic E-state index is -0.910. The van der Waals surface area contributed by atoms with Crippen molar-refractivity contribution in [2.75, 3.05) is 0 Å². The van der Waals surface area contributed by atoms with Crippen LogP contribution in [-0.4, -0.2) is 5.78 Å². The van der Waals surface area contributed by atoms with Crippen LogP contribution in [0.5, 0.6) is 11.5 Å². The molecule has 0 saturated heterocycles. The van der Waals surface area contributed by atoms with Crippen LogP contribution in [0.4, 0.5) is 0 Å². The molecule has 3 heteroatoms. The Balaban J connectivity index is 1.76. The number of ether oxygens (including phenoxy) is 2. The van der Waals surface area contributed by atoms with E-state index in [-0.39, 0.29) is 5.78 Å². The normalized spacial score (nSPS) is 17.5. The molecule has 0 unspecified atom stereocenters. The summed E-state index contributed by atoms with van der Waals surface area (Å²) in [6, 6.07) is 19.6. The highest BCUT2D eigenvalue weighted by Gasteiger charge is 2.46. The van der Waals surface area contributed by atoms with Gasteiger partial charge in [-0.3, -0.25) is 4.79 Å². The lowest BCUT2D eigenvalue weighted by atomic mass is 9.85. The Bertz CT molecular complexity index is 917. The molecule has 0 saturated carbocycles. The fourth-order valence-electron chi connectivity index (χ4n) is 3.64. The Morgan fingerprint density at radius 3 is 2.26 bits per heavy atom. The maximum Gasteiger partial charge on any atom is 0.279 e. The van der Waals surface area contributed by atoms with E-state index in [1.54, 1.807) is 0 Å². The molecule has 23 heavy (non-hydrogen) atoms. The van der Waals surface area contributed by atoms with Crippen LogP contribution in [0.25, 0.3) is 10.8 Å². The van der Waals surface area contributed by atoms with Crippen molar-refractivity contribution in [2.24, 2.45) is 0 Å². The Labute approximate surface area is 133 Å². The van der Waals surface area contributed by atoms with Gasteiger partial charge in [-0.15, -0.1) is 0 Å². The second-order valence-electron chi connectivity index (χ2n) is 6.04. The van der Waals surface area contributed by atoms with Crippen molar-refractivity contribution >= 4 is 16.6 Å². The van der Waals surface area contributed by atoms with Crippen LogP contribution >= 0.6 is 0 Å². The maximum atomic E-state index is 12.2. The van der Waals surface area contributed by atoms with Crippen molar-refractivity contribution in [1.29, 1.82) is 0 Å². The fourth-order valence-corrected chi connectivity index (χ4v) is 3.64. The van der Waals surface area contributed by atoms with Gasteiger partial charge in [-0.05, 0) is 17.5 Å². The van der Waals surface area contributed by atoms with Crippen LogP contribution in [0.2, 0.25) is 0 Å². The van der Waals surface area contributed by atoms with Gasteiger partial charge < -0.3 is 9.47 Å². The number of Topliss-reactive ketones (excluding diaryl/α,β-unsaturated/α-hetero) is 1. The van der Waals surface area contributed by atoms with Gasteiger partial charge in [0.2, 0.25) is 0 Å². The molecule has 1 spiro atoms. The van der Waals surface area contributed by atoms with Crippen LogP contribution in [0.15, 0.2) is 60.7 Å². The van der Waals surface area contributed by atoms with Crippen LogP contribution in [0, 0.1) is 0 Å². The van der Waals surface area contributed by atoms with Crippen LogP contribution in [-0.2, 0) is 5.79 Å². The minimum Gasteiger partial charge on any atom is -0.447 e. The molecule has 112 valence electrons. The zero-order valence-electron chi connectivity index (χ0n) is 12.4. The summed E-state index contributed by atoms with van der Waals surface area (Å²) < 4.78 is 12.7. The molecule has 0 aromatic heterocycles. The third-order valence-corrected chi connectivity index (χ3v) is 4.70. The summed E-state index contributed by atoms with van der Waals surface area (Å²) in [5.74, 6) is 0.866. The van der Waals surface area contributed by atoms with Crippen molar-refractivity contribution in [3.05, 3.63) is 71.8 Å². The Morgan fingerprint density at radius 2 is 1.52 bits per heavy atom. The lowest BCUT2D eigenvalue weighted by molar-refractivity contribution is -0.134. The molecule has 5 rings (SSSR count). The second kappa shape index (κ2) is 4.35. The molecule has 0 bridgehead atoms. The Hall–Kier alpha value is -2.81. The predicted octanol–water partition coefficient (Wildman–Crippen LogP) is 4.44. The van der Waals surface area contributed by atoms with E-state index in [1.807, 2.05) is 60.7 Å². The van der Waals surface area contributed by atoms with Gasteiger partial charge in [-0.25, -0.2) is 0 Å². The smallest absolute Gasteiger partial charge is 0.279 e. The van der Waals surface area contributed by atoms with Crippen molar-refractivity contribution in [2.45, 2.75) is 18.6 Å². The van der Waals surface area contributed by atoms with Gasteiger partial charge in [0.05, 0.1) is 5.39 Å². The third kappa shape index (κ3) is 1.67. The largest absolute Gasteiger partial charge is 0.447 e. The van der Waals surface area contributed by atoms with E-state index in [0.29, 0.717) is 18.4 Å². The van der Waals surface area contributed by atoms with Crippen molar-refractivity contribution in [3.63, 3.8) is 0 Å². The first-order valence-corrected chi connectivity index (χ1v) is 7.79. The molecule has 3 nitrogen and oxygen atoms in total. The Morgan fingerprint density at radius 1 is 0.826 bits per heavy atom. The van der Waals surface area contributed by atoms with Crippen LogP contribution < -0.4 is 9.47 Å². The first-order valence-electron chi connectivity index (χ1n) is 7.79. The SMILES string of the molecule is O=C1CCC2(Oc3cccc4cccc(c34)O2)c2ccccc21. The van der Waals surface area contributed by atoms with Crippen molar-refractivity contribution < 1.29 is 14.3 Å². The summed E-state index contributed by atoms with van der Waals surface area (Å²) in [4.78, 5) is 12.2.